The Kier molecular flexibility index (Phi) is 5.79. The Morgan fingerprint density at radius 1 is 0.852 bits per heavy atom. The van der Waals surface area contributed by atoms with Gasteiger partial charge in [-0.25, -0.2) is 0 Å². The van der Waals surface area contributed by atoms with Crippen LogP contribution in [0.3, 0.4) is 0 Å². The normalized spacial score (nSPS) is 10.1. The van der Waals surface area contributed by atoms with Gasteiger partial charge in [-0.15, -0.1) is 0 Å². The fourth-order valence-electron chi connectivity index (χ4n) is 2.36. The Balaban J connectivity index is 1.49. The topological polar surface area (TPSA) is 80.3 Å². The molecule has 0 unspecified atom stereocenters. The van der Waals surface area contributed by atoms with E-state index in [0.717, 1.165) is 5.69 Å². The minimum atomic E-state index is -0.178. The lowest BCUT2D eigenvalue weighted by atomic mass is 10.1. The van der Waals surface area contributed by atoms with Crippen LogP contribution in [0.2, 0.25) is 0 Å². The zero-order valence-corrected chi connectivity index (χ0v) is 14.8. The molecule has 0 fully saturated rings. The number of Topliss-reactive ketones (excluding diaryl/α,β-unsaturated/α-hetero) is 1. The highest BCUT2D eigenvalue weighted by atomic mass is 16.5. The van der Waals surface area contributed by atoms with E-state index in [1.165, 1.54) is 6.92 Å². The van der Waals surface area contributed by atoms with Gasteiger partial charge in [0.15, 0.2) is 5.78 Å². The number of anilines is 2. The van der Waals surface area contributed by atoms with Crippen LogP contribution in [0.25, 0.3) is 0 Å². The van der Waals surface area contributed by atoms with Crippen LogP contribution >= 0.6 is 0 Å². The highest BCUT2D eigenvalue weighted by Gasteiger charge is 2.04. The van der Waals surface area contributed by atoms with Crippen LogP contribution in [0.15, 0.2) is 73.1 Å². The summed E-state index contributed by atoms with van der Waals surface area (Å²) in [6.45, 7) is 1.63. The molecule has 0 spiro atoms. The molecule has 0 radical (unpaired) electrons. The summed E-state index contributed by atoms with van der Waals surface area (Å²) in [5.41, 5.74) is 2.06. The maximum Gasteiger partial charge on any atom is 0.243 e. The number of amides is 1. The summed E-state index contributed by atoms with van der Waals surface area (Å²) in [5.74, 6) is 1.22. The van der Waals surface area contributed by atoms with E-state index in [9.17, 15) is 9.59 Å². The van der Waals surface area contributed by atoms with Crippen LogP contribution < -0.4 is 15.4 Å². The van der Waals surface area contributed by atoms with E-state index in [1.54, 1.807) is 48.8 Å². The standard InChI is InChI=1S/C21H19N3O3/c1-15(25)16-2-4-18(5-3-16)24-21(26)14-23-17-6-8-19(9-7-17)27-20-10-12-22-13-11-20/h2-13,23H,14H2,1H3,(H,24,26). The number of pyridine rings is 1. The number of hydrogen-bond acceptors (Lipinski definition) is 5. The van der Waals surface area contributed by atoms with Crippen molar-refractivity contribution < 1.29 is 14.3 Å². The first-order valence-electron chi connectivity index (χ1n) is 8.43. The molecule has 0 aliphatic rings. The molecular formula is C21H19N3O3. The lowest BCUT2D eigenvalue weighted by Gasteiger charge is -2.09. The Labute approximate surface area is 157 Å². The summed E-state index contributed by atoms with van der Waals surface area (Å²) in [7, 11) is 0. The van der Waals surface area contributed by atoms with Crippen LogP contribution in [0, 0.1) is 0 Å². The van der Waals surface area contributed by atoms with Crippen LogP contribution in [-0.4, -0.2) is 23.2 Å². The molecule has 1 heterocycles. The van der Waals surface area contributed by atoms with Crippen molar-refractivity contribution in [2.75, 3.05) is 17.2 Å². The lowest BCUT2D eigenvalue weighted by Crippen LogP contribution is -2.21. The van der Waals surface area contributed by atoms with Crippen molar-refractivity contribution in [1.29, 1.82) is 0 Å². The number of benzene rings is 2. The van der Waals surface area contributed by atoms with Crippen LogP contribution in [0.1, 0.15) is 17.3 Å². The molecule has 3 rings (SSSR count). The first-order valence-corrected chi connectivity index (χ1v) is 8.43. The third kappa shape index (κ3) is 5.40. The summed E-state index contributed by atoms with van der Waals surface area (Å²) >= 11 is 0. The van der Waals surface area contributed by atoms with E-state index in [0.29, 0.717) is 22.7 Å². The van der Waals surface area contributed by atoms with Gasteiger partial charge in [0.1, 0.15) is 11.5 Å². The quantitative estimate of drug-likeness (QED) is 0.619. The molecule has 0 saturated carbocycles. The van der Waals surface area contributed by atoms with Crippen molar-refractivity contribution in [2.45, 2.75) is 6.92 Å². The maximum absolute atomic E-state index is 12.0. The smallest absolute Gasteiger partial charge is 0.243 e. The molecule has 6 nitrogen and oxygen atoms in total. The van der Waals surface area contributed by atoms with Crippen LogP contribution in [0.4, 0.5) is 11.4 Å². The van der Waals surface area contributed by atoms with Gasteiger partial charge in [0.25, 0.3) is 0 Å². The number of aromatic nitrogens is 1. The molecule has 0 aliphatic heterocycles. The molecule has 2 aromatic carbocycles. The number of ether oxygens (including phenoxy) is 1. The summed E-state index contributed by atoms with van der Waals surface area (Å²) < 4.78 is 5.69. The van der Waals surface area contributed by atoms with Crippen molar-refractivity contribution in [1.82, 2.24) is 4.98 Å². The molecule has 1 amide bonds. The Bertz CT molecular complexity index is 908. The molecule has 2 N–H and O–H groups in total. The van der Waals surface area contributed by atoms with Gasteiger partial charge in [0, 0.05) is 29.3 Å². The Morgan fingerprint density at radius 3 is 2.07 bits per heavy atom. The number of nitrogens with zero attached hydrogens (tertiary/aromatic N) is 1. The molecule has 0 saturated heterocycles. The molecule has 0 atom stereocenters. The van der Waals surface area contributed by atoms with Gasteiger partial charge in [-0.05, 0) is 67.6 Å². The highest BCUT2D eigenvalue weighted by Crippen LogP contribution is 2.22. The molecule has 6 heteroatoms. The number of nitrogens with one attached hydrogen (secondary N) is 2. The average molecular weight is 361 g/mol. The number of ketones is 1. The molecule has 3 aromatic rings. The molecule has 1 aromatic heterocycles. The Hall–Kier alpha value is -3.67. The molecular weight excluding hydrogens is 342 g/mol. The first kappa shape index (κ1) is 18.1. The minimum absolute atomic E-state index is 0.00843. The van der Waals surface area contributed by atoms with Gasteiger partial charge >= 0.3 is 0 Å². The molecule has 0 aliphatic carbocycles. The zero-order valence-electron chi connectivity index (χ0n) is 14.8. The van der Waals surface area contributed by atoms with Crippen molar-refractivity contribution >= 4 is 23.1 Å². The summed E-state index contributed by atoms with van der Waals surface area (Å²) in [5, 5.41) is 5.83. The van der Waals surface area contributed by atoms with Gasteiger partial charge in [-0.2, -0.15) is 0 Å². The van der Waals surface area contributed by atoms with Crippen molar-refractivity contribution in [3.8, 4) is 11.5 Å². The van der Waals surface area contributed by atoms with E-state index >= 15 is 0 Å². The monoisotopic (exact) mass is 361 g/mol. The third-order valence-corrected chi connectivity index (χ3v) is 3.77. The van der Waals surface area contributed by atoms with E-state index in [1.807, 2.05) is 24.3 Å². The van der Waals surface area contributed by atoms with Gasteiger partial charge < -0.3 is 15.4 Å². The second-order valence-electron chi connectivity index (χ2n) is 5.84. The van der Waals surface area contributed by atoms with Crippen LogP contribution in [0.5, 0.6) is 11.5 Å². The van der Waals surface area contributed by atoms with E-state index in [4.69, 9.17) is 4.74 Å². The van der Waals surface area contributed by atoms with Crippen molar-refractivity contribution in [3.63, 3.8) is 0 Å². The zero-order chi connectivity index (χ0) is 19.1. The van der Waals surface area contributed by atoms with Gasteiger partial charge in [-0.1, -0.05) is 0 Å². The van der Waals surface area contributed by atoms with E-state index in [2.05, 4.69) is 15.6 Å². The predicted octanol–water partition coefficient (Wildman–Crippen LogP) is 4.13. The van der Waals surface area contributed by atoms with Crippen LogP contribution in [-0.2, 0) is 4.79 Å². The fraction of sp³-hybridized carbons (Fsp3) is 0.0952. The van der Waals surface area contributed by atoms with Gasteiger partial charge in [-0.3, -0.25) is 14.6 Å². The number of hydrogen-bond donors (Lipinski definition) is 2. The van der Waals surface area contributed by atoms with E-state index in [-0.39, 0.29) is 18.2 Å². The highest BCUT2D eigenvalue weighted by molar-refractivity contribution is 5.96. The average Bonchev–Trinajstić information content (AvgIpc) is 2.69. The maximum atomic E-state index is 12.0. The second kappa shape index (κ2) is 8.62. The van der Waals surface area contributed by atoms with Gasteiger partial charge in [0.2, 0.25) is 5.91 Å². The first-order chi connectivity index (χ1) is 13.1. The van der Waals surface area contributed by atoms with Crippen molar-refractivity contribution in [2.24, 2.45) is 0 Å². The molecule has 27 heavy (non-hydrogen) atoms. The predicted molar refractivity (Wildman–Crippen MR) is 104 cm³/mol. The number of carbonyl (C=O) groups excluding carboxylic acids is 2. The molecule has 136 valence electrons. The summed E-state index contributed by atoms with van der Waals surface area (Å²) in [6, 6.07) is 17.7. The lowest BCUT2D eigenvalue weighted by molar-refractivity contribution is -0.114. The summed E-state index contributed by atoms with van der Waals surface area (Å²) in [6.07, 6.45) is 3.33. The molecule has 0 bridgehead atoms. The number of rotatable bonds is 7. The fourth-order valence-corrected chi connectivity index (χ4v) is 2.36. The largest absolute Gasteiger partial charge is 0.457 e. The summed E-state index contributed by atoms with van der Waals surface area (Å²) in [4.78, 5) is 27.2. The Morgan fingerprint density at radius 2 is 1.44 bits per heavy atom. The third-order valence-electron chi connectivity index (χ3n) is 3.77. The number of carbonyl (C=O) groups is 2. The van der Waals surface area contributed by atoms with Crippen molar-refractivity contribution in [3.05, 3.63) is 78.6 Å². The van der Waals surface area contributed by atoms with Gasteiger partial charge in [0.05, 0.1) is 6.54 Å². The minimum Gasteiger partial charge on any atom is -0.457 e. The second-order valence-corrected chi connectivity index (χ2v) is 5.84. The SMILES string of the molecule is CC(=O)c1ccc(NC(=O)CNc2ccc(Oc3ccncc3)cc2)cc1. The van der Waals surface area contributed by atoms with E-state index < -0.39 is 0 Å².